The normalized spacial score (nSPS) is 8.78. The van der Waals surface area contributed by atoms with E-state index in [0.717, 1.165) is 11.5 Å². The largest absolute Gasteiger partial charge is 0.346 e. The zero-order chi connectivity index (χ0) is 6.15. The van der Waals surface area contributed by atoms with Gasteiger partial charge < -0.3 is 4.98 Å². The van der Waals surface area contributed by atoms with Crippen molar-refractivity contribution in [3.63, 3.8) is 0 Å². The third-order valence-corrected chi connectivity index (χ3v) is 1.25. The molecule has 0 unspecified atom stereocenters. The second kappa shape index (κ2) is 2.71. The average Bonchev–Trinajstić information content (AvgIpc) is 1.85. The molecule has 0 aromatic carbocycles. The van der Waals surface area contributed by atoms with Gasteiger partial charge in [-0.25, -0.2) is 4.98 Å². The second-order valence-electron chi connectivity index (χ2n) is 2.03. The van der Waals surface area contributed by atoms with Crippen molar-refractivity contribution in [2.24, 2.45) is 0 Å². The summed E-state index contributed by atoms with van der Waals surface area (Å²) in [5, 5.41) is 0. The van der Waals surface area contributed by atoms with E-state index in [4.69, 9.17) is 0 Å². The maximum absolute atomic E-state index is 4.16. The summed E-state index contributed by atoms with van der Waals surface area (Å²) in [5.41, 5.74) is 2.27. The number of imidazole rings is 1. The first-order valence-electron chi connectivity index (χ1n) is 2.70. The Morgan fingerprint density at radius 2 is 1.78 bits per heavy atom. The van der Waals surface area contributed by atoms with Gasteiger partial charge in [0.1, 0.15) is 5.82 Å². The van der Waals surface area contributed by atoms with Crippen molar-refractivity contribution < 1.29 is 0 Å². The van der Waals surface area contributed by atoms with Gasteiger partial charge in [-0.2, -0.15) is 0 Å². The highest BCUT2D eigenvalue weighted by molar-refractivity contribution is 5.75. The van der Waals surface area contributed by atoms with Crippen molar-refractivity contribution in [3.05, 3.63) is 17.2 Å². The fourth-order valence-electron chi connectivity index (χ4n) is 0.725. The topological polar surface area (TPSA) is 28.7 Å². The Labute approximate surface area is 57.3 Å². The molecule has 0 fully saturated rings. The van der Waals surface area contributed by atoms with Gasteiger partial charge in [-0.15, -0.1) is 0 Å². The molecule has 47 valence electrons. The van der Waals surface area contributed by atoms with Gasteiger partial charge in [0.25, 0.3) is 0 Å². The van der Waals surface area contributed by atoms with Crippen LogP contribution in [0.2, 0.25) is 0 Å². The number of aromatic amines is 1. The van der Waals surface area contributed by atoms with Crippen molar-refractivity contribution in [1.29, 1.82) is 0 Å². The summed E-state index contributed by atoms with van der Waals surface area (Å²) in [6.45, 7) is 5.98. The fourth-order valence-corrected chi connectivity index (χ4v) is 0.725. The van der Waals surface area contributed by atoms with E-state index in [9.17, 15) is 0 Å². The first kappa shape index (κ1) is 8.27. The lowest BCUT2D eigenvalue weighted by molar-refractivity contribution is 1.12. The van der Waals surface area contributed by atoms with Gasteiger partial charge in [-0.05, 0) is 20.8 Å². The zero-order valence-electron chi connectivity index (χ0n) is 6.02. The van der Waals surface area contributed by atoms with Crippen LogP contribution in [0.4, 0.5) is 0 Å². The van der Waals surface area contributed by atoms with E-state index in [1.165, 1.54) is 5.69 Å². The van der Waals surface area contributed by atoms with Gasteiger partial charge in [-0.1, -0.05) is 0 Å². The maximum Gasteiger partial charge on any atom is 0.103 e. The molecule has 1 heterocycles. The zero-order valence-corrected chi connectivity index (χ0v) is 6.02. The van der Waals surface area contributed by atoms with E-state index in [-0.39, 0.29) is 8.41 Å². The lowest BCUT2D eigenvalue weighted by atomic mass is 10.4. The molecule has 0 saturated carbocycles. The van der Waals surface area contributed by atoms with Gasteiger partial charge in [0.2, 0.25) is 0 Å². The van der Waals surface area contributed by atoms with E-state index >= 15 is 0 Å². The Balaban J connectivity index is 0.000000640. The fraction of sp³-hybridized carbons (Fsp3) is 0.500. The molecule has 0 aliphatic rings. The van der Waals surface area contributed by atoms with E-state index in [1.807, 2.05) is 20.8 Å². The predicted octanol–water partition coefficient (Wildman–Crippen LogP) is 0.954. The summed E-state index contributed by atoms with van der Waals surface area (Å²) in [5.74, 6) is 1.00. The molecule has 3 heteroatoms. The molecule has 0 saturated heterocycles. The maximum atomic E-state index is 4.16. The van der Waals surface area contributed by atoms with E-state index in [2.05, 4.69) is 9.97 Å². The molecule has 9 heavy (non-hydrogen) atoms. The highest BCUT2D eigenvalue weighted by atomic mass is 14.9. The number of hydrogen-bond acceptors (Lipinski definition) is 1. The lowest BCUT2D eigenvalue weighted by Gasteiger charge is -1.79. The smallest absolute Gasteiger partial charge is 0.103 e. The number of nitrogens with zero attached hydrogens (tertiary/aromatic N) is 1. The lowest BCUT2D eigenvalue weighted by Crippen LogP contribution is -1.71. The van der Waals surface area contributed by atoms with Crippen LogP contribution in [0, 0.1) is 20.8 Å². The quantitative estimate of drug-likeness (QED) is 0.508. The summed E-state index contributed by atoms with van der Waals surface area (Å²) < 4.78 is 0. The number of H-pyrrole nitrogens is 1. The van der Waals surface area contributed by atoms with Gasteiger partial charge in [0, 0.05) is 14.1 Å². The second-order valence-corrected chi connectivity index (χ2v) is 2.03. The SMILES string of the molecule is Cc1nc(C)c(C)[nH]1.[B]. The molecule has 1 aromatic rings. The standard InChI is InChI=1S/C6H10N2.B/c1-4-5(2)8-6(3)7-4;/h1-3H3,(H,7,8);. The molecule has 0 aliphatic heterocycles. The molecule has 0 atom stereocenters. The van der Waals surface area contributed by atoms with Crippen molar-refractivity contribution in [2.75, 3.05) is 0 Å². The molecule has 0 bridgehead atoms. The van der Waals surface area contributed by atoms with Crippen LogP contribution in [-0.2, 0) is 0 Å². The minimum atomic E-state index is 0. The summed E-state index contributed by atoms with van der Waals surface area (Å²) in [6, 6.07) is 0. The summed E-state index contributed by atoms with van der Waals surface area (Å²) >= 11 is 0. The number of hydrogen-bond donors (Lipinski definition) is 1. The molecular formula is C6H10BN2. The van der Waals surface area contributed by atoms with Crippen molar-refractivity contribution in [3.8, 4) is 0 Å². The molecule has 0 spiro atoms. The van der Waals surface area contributed by atoms with E-state index in [1.54, 1.807) is 0 Å². The molecular weight excluding hydrogens is 111 g/mol. The highest BCUT2D eigenvalue weighted by Crippen LogP contribution is 1.99. The molecule has 1 aromatic heterocycles. The summed E-state index contributed by atoms with van der Waals surface area (Å²) in [7, 11) is 0. The number of aromatic nitrogens is 2. The van der Waals surface area contributed by atoms with Crippen LogP contribution in [-0.4, -0.2) is 18.4 Å². The summed E-state index contributed by atoms with van der Waals surface area (Å²) in [6.07, 6.45) is 0. The van der Waals surface area contributed by atoms with Gasteiger partial charge in [-0.3, -0.25) is 0 Å². The van der Waals surface area contributed by atoms with Gasteiger partial charge in [0.15, 0.2) is 0 Å². The molecule has 0 aliphatic carbocycles. The number of aryl methyl sites for hydroxylation is 3. The van der Waals surface area contributed by atoms with Crippen LogP contribution >= 0.6 is 0 Å². The van der Waals surface area contributed by atoms with Crippen LogP contribution < -0.4 is 0 Å². The van der Waals surface area contributed by atoms with E-state index in [0.29, 0.717) is 0 Å². The van der Waals surface area contributed by atoms with Crippen molar-refractivity contribution in [2.45, 2.75) is 20.8 Å². The van der Waals surface area contributed by atoms with Gasteiger partial charge >= 0.3 is 0 Å². The first-order valence-corrected chi connectivity index (χ1v) is 2.70. The molecule has 1 rings (SSSR count). The van der Waals surface area contributed by atoms with Crippen molar-refractivity contribution in [1.82, 2.24) is 9.97 Å². The minimum Gasteiger partial charge on any atom is -0.346 e. The molecule has 1 N–H and O–H groups in total. The molecule has 2 nitrogen and oxygen atoms in total. The van der Waals surface area contributed by atoms with Gasteiger partial charge in [0.05, 0.1) is 5.69 Å². The van der Waals surface area contributed by atoms with Crippen LogP contribution in [0.1, 0.15) is 17.2 Å². The molecule has 0 amide bonds. The number of rotatable bonds is 0. The Morgan fingerprint density at radius 1 is 1.22 bits per heavy atom. The first-order chi connectivity index (χ1) is 3.70. The van der Waals surface area contributed by atoms with Crippen LogP contribution in [0.25, 0.3) is 0 Å². The third-order valence-electron chi connectivity index (χ3n) is 1.25. The monoisotopic (exact) mass is 121 g/mol. The van der Waals surface area contributed by atoms with Crippen molar-refractivity contribution >= 4 is 8.41 Å². The van der Waals surface area contributed by atoms with Crippen LogP contribution in [0.3, 0.4) is 0 Å². The van der Waals surface area contributed by atoms with E-state index < -0.39 is 0 Å². The van der Waals surface area contributed by atoms with Crippen LogP contribution in [0.5, 0.6) is 0 Å². The molecule has 3 radical (unpaired) electrons. The third kappa shape index (κ3) is 1.59. The highest BCUT2D eigenvalue weighted by Gasteiger charge is 1.93. The Morgan fingerprint density at radius 3 is 1.89 bits per heavy atom. The van der Waals surface area contributed by atoms with Crippen LogP contribution in [0.15, 0.2) is 0 Å². The average molecular weight is 121 g/mol. The Bertz CT molecular complexity index is 173. The Hall–Kier alpha value is -0.725. The summed E-state index contributed by atoms with van der Waals surface area (Å²) in [4.78, 5) is 7.25. The number of nitrogens with one attached hydrogen (secondary N) is 1. The predicted molar refractivity (Wildman–Crippen MR) is 38.6 cm³/mol. The Kier molecular flexibility index (Phi) is 2.49. The minimum absolute atomic E-state index is 0.